The SMILES string of the molecule is CCNCCc1ccccc1COCc1cccc(Cl)c1. The molecule has 112 valence electrons. The lowest BCUT2D eigenvalue weighted by atomic mass is 10.1. The van der Waals surface area contributed by atoms with Crippen LogP contribution in [-0.4, -0.2) is 13.1 Å². The van der Waals surface area contributed by atoms with Gasteiger partial charge in [-0.25, -0.2) is 0 Å². The summed E-state index contributed by atoms with van der Waals surface area (Å²) in [4.78, 5) is 0. The molecule has 2 aromatic rings. The molecule has 0 saturated heterocycles. The Kier molecular flexibility index (Phi) is 6.74. The van der Waals surface area contributed by atoms with Crippen LogP contribution in [0.3, 0.4) is 0 Å². The second-order valence-corrected chi connectivity index (χ2v) is 5.43. The third kappa shape index (κ3) is 5.50. The van der Waals surface area contributed by atoms with Gasteiger partial charge < -0.3 is 10.1 Å². The van der Waals surface area contributed by atoms with E-state index in [1.165, 1.54) is 11.1 Å². The number of hydrogen-bond donors (Lipinski definition) is 1. The van der Waals surface area contributed by atoms with Gasteiger partial charge in [0.15, 0.2) is 0 Å². The molecule has 0 spiro atoms. The molecule has 0 aliphatic heterocycles. The average molecular weight is 304 g/mol. The number of rotatable bonds is 8. The van der Waals surface area contributed by atoms with Crippen molar-refractivity contribution in [3.8, 4) is 0 Å². The molecule has 0 amide bonds. The number of hydrogen-bond acceptors (Lipinski definition) is 2. The maximum atomic E-state index is 5.97. The van der Waals surface area contributed by atoms with Gasteiger partial charge in [-0.05, 0) is 48.3 Å². The topological polar surface area (TPSA) is 21.3 Å². The summed E-state index contributed by atoms with van der Waals surface area (Å²) in [5, 5.41) is 4.11. The van der Waals surface area contributed by atoms with Crippen LogP contribution in [0.5, 0.6) is 0 Å². The van der Waals surface area contributed by atoms with E-state index < -0.39 is 0 Å². The zero-order valence-electron chi connectivity index (χ0n) is 12.4. The van der Waals surface area contributed by atoms with E-state index in [9.17, 15) is 0 Å². The largest absolute Gasteiger partial charge is 0.372 e. The normalized spacial score (nSPS) is 10.8. The first-order valence-corrected chi connectivity index (χ1v) is 7.77. The lowest BCUT2D eigenvalue weighted by Gasteiger charge is -2.10. The van der Waals surface area contributed by atoms with Gasteiger partial charge in [0.25, 0.3) is 0 Å². The van der Waals surface area contributed by atoms with Crippen molar-refractivity contribution in [1.82, 2.24) is 5.32 Å². The summed E-state index contributed by atoms with van der Waals surface area (Å²) in [5.41, 5.74) is 3.72. The number of halogens is 1. The summed E-state index contributed by atoms with van der Waals surface area (Å²) < 4.78 is 5.83. The number of benzene rings is 2. The Balaban J connectivity index is 1.87. The molecule has 0 radical (unpaired) electrons. The van der Waals surface area contributed by atoms with Crippen molar-refractivity contribution < 1.29 is 4.74 Å². The Morgan fingerprint density at radius 1 is 1.00 bits per heavy atom. The first kappa shape index (κ1) is 16.0. The first-order chi connectivity index (χ1) is 10.3. The summed E-state index contributed by atoms with van der Waals surface area (Å²) in [6, 6.07) is 16.3. The van der Waals surface area contributed by atoms with Gasteiger partial charge in [-0.2, -0.15) is 0 Å². The molecule has 0 aliphatic rings. The van der Waals surface area contributed by atoms with Crippen LogP contribution in [0.25, 0.3) is 0 Å². The van der Waals surface area contributed by atoms with Gasteiger partial charge in [0.05, 0.1) is 13.2 Å². The van der Waals surface area contributed by atoms with Crippen molar-refractivity contribution in [2.45, 2.75) is 26.6 Å². The maximum absolute atomic E-state index is 5.97. The van der Waals surface area contributed by atoms with E-state index >= 15 is 0 Å². The fourth-order valence-electron chi connectivity index (χ4n) is 2.25. The second kappa shape index (κ2) is 8.83. The van der Waals surface area contributed by atoms with Crippen molar-refractivity contribution in [2.24, 2.45) is 0 Å². The predicted molar refractivity (Wildman–Crippen MR) is 88.6 cm³/mol. The standard InChI is InChI=1S/C18H22ClNO/c1-2-20-11-10-16-7-3-4-8-17(16)14-21-13-15-6-5-9-18(19)12-15/h3-9,12,20H,2,10-11,13-14H2,1H3. The smallest absolute Gasteiger partial charge is 0.0724 e. The highest BCUT2D eigenvalue weighted by atomic mass is 35.5. The van der Waals surface area contributed by atoms with Crippen LogP contribution in [0.4, 0.5) is 0 Å². The fraction of sp³-hybridized carbons (Fsp3) is 0.333. The molecule has 0 saturated carbocycles. The molecule has 0 unspecified atom stereocenters. The van der Waals surface area contributed by atoms with E-state index in [2.05, 4.69) is 36.5 Å². The molecule has 0 heterocycles. The Labute approximate surface area is 132 Å². The Morgan fingerprint density at radius 2 is 1.81 bits per heavy atom. The van der Waals surface area contributed by atoms with E-state index in [0.717, 1.165) is 30.1 Å². The molecule has 0 bridgehead atoms. The van der Waals surface area contributed by atoms with Crippen LogP contribution < -0.4 is 5.32 Å². The average Bonchev–Trinajstić information content (AvgIpc) is 2.49. The quantitative estimate of drug-likeness (QED) is 0.738. The van der Waals surface area contributed by atoms with Crippen LogP contribution in [-0.2, 0) is 24.4 Å². The summed E-state index contributed by atoms with van der Waals surface area (Å²) >= 11 is 5.97. The van der Waals surface area contributed by atoms with Crippen molar-refractivity contribution in [3.63, 3.8) is 0 Å². The number of ether oxygens (including phenoxy) is 1. The molecule has 0 aromatic heterocycles. The monoisotopic (exact) mass is 303 g/mol. The van der Waals surface area contributed by atoms with Crippen LogP contribution in [0.1, 0.15) is 23.6 Å². The van der Waals surface area contributed by atoms with Crippen molar-refractivity contribution >= 4 is 11.6 Å². The second-order valence-electron chi connectivity index (χ2n) is 4.99. The van der Waals surface area contributed by atoms with E-state index in [4.69, 9.17) is 16.3 Å². The van der Waals surface area contributed by atoms with Crippen molar-refractivity contribution in [3.05, 3.63) is 70.2 Å². The molecule has 3 heteroatoms. The van der Waals surface area contributed by atoms with E-state index in [1.807, 2.05) is 24.3 Å². The molecule has 1 N–H and O–H groups in total. The molecule has 0 atom stereocenters. The van der Waals surface area contributed by atoms with Crippen molar-refractivity contribution in [1.29, 1.82) is 0 Å². The molecule has 2 nitrogen and oxygen atoms in total. The molecule has 21 heavy (non-hydrogen) atoms. The Hall–Kier alpha value is -1.35. The third-order valence-corrected chi connectivity index (χ3v) is 3.59. The summed E-state index contributed by atoms with van der Waals surface area (Å²) in [6.45, 7) is 5.35. The Bertz CT molecular complexity index is 556. The highest BCUT2D eigenvalue weighted by Crippen LogP contribution is 2.14. The zero-order chi connectivity index (χ0) is 14.9. The fourth-order valence-corrected chi connectivity index (χ4v) is 2.46. The van der Waals surface area contributed by atoms with Crippen LogP contribution in [0.15, 0.2) is 48.5 Å². The Morgan fingerprint density at radius 3 is 2.57 bits per heavy atom. The lowest BCUT2D eigenvalue weighted by Crippen LogP contribution is -2.16. The highest BCUT2D eigenvalue weighted by Gasteiger charge is 2.02. The molecule has 0 aliphatic carbocycles. The summed E-state index contributed by atoms with van der Waals surface area (Å²) in [5.74, 6) is 0. The van der Waals surface area contributed by atoms with Gasteiger partial charge in [-0.15, -0.1) is 0 Å². The lowest BCUT2D eigenvalue weighted by molar-refractivity contribution is 0.106. The van der Waals surface area contributed by atoms with Gasteiger partial charge in [0, 0.05) is 5.02 Å². The zero-order valence-corrected chi connectivity index (χ0v) is 13.2. The molecule has 2 aromatic carbocycles. The van der Waals surface area contributed by atoms with E-state index in [-0.39, 0.29) is 0 Å². The minimum Gasteiger partial charge on any atom is -0.372 e. The van der Waals surface area contributed by atoms with Crippen LogP contribution in [0.2, 0.25) is 5.02 Å². The summed E-state index contributed by atoms with van der Waals surface area (Å²) in [6.07, 6.45) is 1.03. The van der Waals surface area contributed by atoms with Crippen LogP contribution in [0, 0.1) is 0 Å². The van der Waals surface area contributed by atoms with Crippen molar-refractivity contribution in [2.75, 3.05) is 13.1 Å². The van der Waals surface area contributed by atoms with E-state index in [1.54, 1.807) is 0 Å². The minimum absolute atomic E-state index is 0.585. The first-order valence-electron chi connectivity index (χ1n) is 7.39. The molecule has 2 rings (SSSR count). The van der Waals surface area contributed by atoms with Crippen LogP contribution >= 0.6 is 11.6 Å². The molecular formula is C18H22ClNO. The maximum Gasteiger partial charge on any atom is 0.0724 e. The van der Waals surface area contributed by atoms with Gasteiger partial charge in [0.1, 0.15) is 0 Å². The number of likely N-dealkylation sites (N-methyl/N-ethyl adjacent to an activating group) is 1. The number of nitrogens with one attached hydrogen (secondary N) is 1. The minimum atomic E-state index is 0.585. The van der Waals surface area contributed by atoms with Gasteiger partial charge >= 0.3 is 0 Å². The van der Waals surface area contributed by atoms with Gasteiger partial charge in [-0.1, -0.05) is 54.9 Å². The highest BCUT2D eigenvalue weighted by molar-refractivity contribution is 6.30. The summed E-state index contributed by atoms with van der Waals surface area (Å²) in [7, 11) is 0. The van der Waals surface area contributed by atoms with Gasteiger partial charge in [-0.3, -0.25) is 0 Å². The third-order valence-electron chi connectivity index (χ3n) is 3.35. The molecular weight excluding hydrogens is 282 g/mol. The predicted octanol–water partition coefficient (Wildman–Crippen LogP) is 4.21. The molecule has 0 fully saturated rings. The van der Waals surface area contributed by atoms with E-state index in [0.29, 0.717) is 13.2 Å². The van der Waals surface area contributed by atoms with Gasteiger partial charge in [0.2, 0.25) is 0 Å².